The fraction of sp³-hybridized carbons (Fsp3) is 0.750. The van der Waals surface area contributed by atoms with Gasteiger partial charge in [0.15, 0.2) is 5.96 Å². The molecule has 0 saturated carbocycles. The number of Topliss-reactive ketones (excluding diaryl/α,β-unsaturated/α-hetero) is 1. The lowest BCUT2D eigenvalue weighted by Gasteiger charge is -2.17. The third-order valence-electron chi connectivity index (χ3n) is 2.98. The summed E-state index contributed by atoms with van der Waals surface area (Å²) >= 11 is 0. The SMILES string of the molecule is COC(=O)C(CN=C(N)N)CC(=O)C(C)C(C)C. The second-order valence-electron chi connectivity index (χ2n) is 4.69. The summed E-state index contributed by atoms with van der Waals surface area (Å²) in [7, 11) is 1.28. The van der Waals surface area contributed by atoms with E-state index >= 15 is 0 Å². The zero-order valence-corrected chi connectivity index (χ0v) is 11.5. The molecular formula is C12H23N3O3. The molecule has 18 heavy (non-hydrogen) atoms. The number of methoxy groups -OCH3 is 1. The predicted octanol–water partition coefficient (Wildman–Crippen LogP) is 0.300. The summed E-state index contributed by atoms with van der Waals surface area (Å²) < 4.78 is 4.64. The van der Waals surface area contributed by atoms with Crippen LogP contribution in [0.3, 0.4) is 0 Å². The largest absolute Gasteiger partial charge is 0.469 e. The number of ether oxygens (including phenoxy) is 1. The number of esters is 1. The summed E-state index contributed by atoms with van der Waals surface area (Å²) in [5.74, 6) is -1.04. The summed E-state index contributed by atoms with van der Waals surface area (Å²) in [6.07, 6.45) is 0.100. The van der Waals surface area contributed by atoms with E-state index in [9.17, 15) is 9.59 Å². The van der Waals surface area contributed by atoms with E-state index < -0.39 is 11.9 Å². The molecule has 0 heterocycles. The zero-order valence-electron chi connectivity index (χ0n) is 11.5. The Labute approximate surface area is 108 Å². The van der Waals surface area contributed by atoms with Crippen molar-refractivity contribution in [2.45, 2.75) is 27.2 Å². The highest BCUT2D eigenvalue weighted by molar-refractivity contribution is 5.86. The normalized spacial score (nSPS) is 13.8. The van der Waals surface area contributed by atoms with Crippen molar-refractivity contribution in [1.29, 1.82) is 0 Å². The summed E-state index contributed by atoms with van der Waals surface area (Å²) in [6, 6.07) is 0. The van der Waals surface area contributed by atoms with Crippen molar-refractivity contribution in [1.82, 2.24) is 0 Å². The highest BCUT2D eigenvalue weighted by atomic mass is 16.5. The third-order valence-corrected chi connectivity index (χ3v) is 2.98. The Morgan fingerprint density at radius 2 is 1.78 bits per heavy atom. The molecule has 0 aliphatic carbocycles. The van der Waals surface area contributed by atoms with Crippen molar-refractivity contribution >= 4 is 17.7 Å². The van der Waals surface area contributed by atoms with Gasteiger partial charge in [0.25, 0.3) is 0 Å². The number of carbonyl (C=O) groups is 2. The van der Waals surface area contributed by atoms with E-state index in [0.29, 0.717) is 0 Å². The minimum atomic E-state index is -0.620. The molecule has 0 aromatic carbocycles. The fourth-order valence-electron chi connectivity index (χ4n) is 1.41. The molecule has 0 saturated heterocycles. The van der Waals surface area contributed by atoms with Gasteiger partial charge in [-0.1, -0.05) is 20.8 Å². The van der Waals surface area contributed by atoms with Crippen LogP contribution in [0.5, 0.6) is 0 Å². The van der Waals surface area contributed by atoms with Crippen LogP contribution in [0.4, 0.5) is 0 Å². The van der Waals surface area contributed by atoms with Gasteiger partial charge < -0.3 is 16.2 Å². The lowest BCUT2D eigenvalue weighted by atomic mass is 9.88. The maximum Gasteiger partial charge on any atom is 0.310 e. The Morgan fingerprint density at radius 3 is 2.17 bits per heavy atom. The van der Waals surface area contributed by atoms with E-state index in [1.807, 2.05) is 20.8 Å². The van der Waals surface area contributed by atoms with Crippen LogP contribution in [0, 0.1) is 17.8 Å². The summed E-state index contributed by atoms with van der Waals surface area (Å²) in [6.45, 7) is 5.85. The maximum atomic E-state index is 11.9. The predicted molar refractivity (Wildman–Crippen MR) is 69.8 cm³/mol. The number of nitrogens with zero attached hydrogens (tertiary/aromatic N) is 1. The number of aliphatic imine (C=N–C) groups is 1. The molecule has 6 heteroatoms. The van der Waals surface area contributed by atoms with Crippen LogP contribution in [-0.4, -0.2) is 31.4 Å². The molecule has 0 bridgehead atoms. The maximum absolute atomic E-state index is 11.9. The van der Waals surface area contributed by atoms with Crippen LogP contribution in [0.2, 0.25) is 0 Å². The third kappa shape index (κ3) is 5.65. The highest BCUT2D eigenvalue weighted by Crippen LogP contribution is 2.17. The fourth-order valence-corrected chi connectivity index (χ4v) is 1.41. The molecule has 4 N–H and O–H groups in total. The van der Waals surface area contributed by atoms with E-state index in [2.05, 4.69) is 9.73 Å². The van der Waals surface area contributed by atoms with E-state index in [-0.39, 0.29) is 36.5 Å². The lowest BCUT2D eigenvalue weighted by Crippen LogP contribution is -2.29. The molecule has 0 rings (SSSR count). The van der Waals surface area contributed by atoms with Gasteiger partial charge in [0.2, 0.25) is 0 Å². The zero-order chi connectivity index (χ0) is 14.3. The minimum Gasteiger partial charge on any atom is -0.469 e. The lowest BCUT2D eigenvalue weighted by molar-refractivity contribution is -0.147. The molecule has 2 atom stereocenters. The topological polar surface area (TPSA) is 108 Å². The summed E-state index contributed by atoms with van der Waals surface area (Å²) in [5, 5.41) is 0. The molecule has 0 aliphatic rings. The molecule has 0 spiro atoms. The van der Waals surface area contributed by atoms with Crippen molar-refractivity contribution in [2.24, 2.45) is 34.2 Å². The van der Waals surface area contributed by atoms with Gasteiger partial charge >= 0.3 is 5.97 Å². The van der Waals surface area contributed by atoms with Gasteiger partial charge in [-0.2, -0.15) is 0 Å². The Hall–Kier alpha value is -1.59. The first-order valence-electron chi connectivity index (χ1n) is 5.95. The molecule has 6 nitrogen and oxygen atoms in total. The molecule has 0 fully saturated rings. The van der Waals surface area contributed by atoms with Crippen molar-refractivity contribution in [3.05, 3.63) is 0 Å². The van der Waals surface area contributed by atoms with Crippen LogP contribution in [0.1, 0.15) is 27.2 Å². The number of carbonyl (C=O) groups excluding carboxylic acids is 2. The average molecular weight is 257 g/mol. The molecule has 2 unspecified atom stereocenters. The minimum absolute atomic E-state index is 0.0196. The van der Waals surface area contributed by atoms with Crippen molar-refractivity contribution in [3.63, 3.8) is 0 Å². The van der Waals surface area contributed by atoms with Gasteiger partial charge in [0.1, 0.15) is 5.78 Å². The Morgan fingerprint density at radius 1 is 1.22 bits per heavy atom. The van der Waals surface area contributed by atoms with Gasteiger partial charge in [-0.15, -0.1) is 0 Å². The average Bonchev–Trinajstić information content (AvgIpc) is 2.31. The molecular weight excluding hydrogens is 234 g/mol. The van der Waals surface area contributed by atoms with Crippen LogP contribution in [-0.2, 0) is 14.3 Å². The van der Waals surface area contributed by atoms with Crippen molar-refractivity contribution in [3.8, 4) is 0 Å². The molecule has 0 aromatic rings. The highest BCUT2D eigenvalue weighted by Gasteiger charge is 2.26. The van der Waals surface area contributed by atoms with Crippen molar-refractivity contribution < 1.29 is 14.3 Å². The molecule has 0 radical (unpaired) electrons. The van der Waals surface area contributed by atoms with Crippen LogP contribution >= 0.6 is 0 Å². The van der Waals surface area contributed by atoms with Gasteiger partial charge in [0.05, 0.1) is 19.6 Å². The summed E-state index contributed by atoms with van der Waals surface area (Å²) in [5.41, 5.74) is 10.4. The van der Waals surface area contributed by atoms with Crippen LogP contribution in [0.25, 0.3) is 0 Å². The molecule has 0 aliphatic heterocycles. The van der Waals surface area contributed by atoms with E-state index in [0.717, 1.165) is 0 Å². The second kappa shape index (κ2) is 7.68. The van der Waals surface area contributed by atoms with E-state index in [4.69, 9.17) is 11.5 Å². The number of nitrogens with two attached hydrogens (primary N) is 2. The Bertz CT molecular complexity index is 323. The molecule has 0 aromatic heterocycles. The molecule has 104 valence electrons. The van der Waals surface area contributed by atoms with Crippen LogP contribution < -0.4 is 11.5 Å². The monoisotopic (exact) mass is 257 g/mol. The van der Waals surface area contributed by atoms with Gasteiger partial charge in [0, 0.05) is 12.3 Å². The molecule has 0 amide bonds. The standard InChI is InChI=1S/C12H23N3O3/c1-7(2)8(3)10(16)5-9(11(17)18-4)6-15-12(13)14/h7-9H,5-6H2,1-4H3,(H4,13,14,15). The van der Waals surface area contributed by atoms with Gasteiger partial charge in [-0.3, -0.25) is 14.6 Å². The quantitative estimate of drug-likeness (QED) is 0.387. The van der Waals surface area contributed by atoms with Gasteiger partial charge in [-0.05, 0) is 5.92 Å². The van der Waals surface area contributed by atoms with E-state index in [1.54, 1.807) is 0 Å². The number of guanidine groups is 1. The first-order chi connectivity index (χ1) is 8.29. The first kappa shape index (κ1) is 16.4. The smallest absolute Gasteiger partial charge is 0.310 e. The van der Waals surface area contributed by atoms with Crippen molar-refractivity contribution in [2.75, 3.05) is 13.7 Å². The van der Waals surface area contributed by atoms with Gasteiger partial charge in [-0.25, -0.2) is 0 Å². The Balaban J connectivity index is 4.64. The number of hydrogen-bond acceptors (Lipinski definition) is 4. The Kier molecular flexibility index (Phi) is 7.00. The first-order valence-corrected chi connectivity index (χ1v) is 5.95. The number of hydrogen-bond donors (Lipinski definition) is 2. The van der Waals surface area contributed by atoms with E-state index in [1.165, 1.54) is 7.11 Å². The van der Waals surface area contributed by atoms with Crippen LogP contribution in [0.15, 0.2) is 4.99 Å². The number of rotatable bonds is 7. The summed E-state index contributed by atoms with van der Waals surface area (Å²) in [4.78, 5) is 27.2. The second-order valence-corrected chi connectivity index (χ2v) is 4.69. The number of ketones is 1.